The summed E-state index contributed by atoms with van der Waals surface area (Å²) in [5.41, 5.74) is -0.455. The molecule has 0 spiro atoms. The van der Waals surface area contributed by atoms with Crippen LogP contribution in [0, 0.1) is 5.92 Å². The molecule has 1 aliphatic heterocycles. The van der Waals surface area contributed by atoms with Crippen LogP contribution in [0.25, 0.3) is 0 Å². The largest absolute Gasteiger partial charge is 0.468 e. The van der Waals surface area contributed by atoms with Crippen LogP contribution >= 0.6 is 11.8 Å². The van der Waals surface area contributed by atoms with Gasteiger partial charge in [-0.15, -0.1) is 0 Å². The number of carbonyl (C=O) groups excluding carboxylic acids is 1. The van der Waals surface area contributed by atoms with Crippen LogP contribution in [0.1, 0.15) is 27.2 Å². The third-order valence-electron chi connectivity index (χ3n) is 2.93. The van der Waals surface area contributed by atoms with Crippen molar-refractivity contribution in [3.63, 3.8) is 0 Å². The molecule has 3 nitrogen and oxygen atoms in total. The van der Waals surface area contributed by atoms with Crippen LogP contribution in [0.15, 0.2) is 0 Å². The van der Waals surface area contributed by atoms with E-state index >= 15 is 0 Å². The van der Waals surface area contributed by atoms with E-state index in [1.54, 1.807) is 0 Å². The van der Waals surface area contributed by atoms with Gasteiger partial charge in [-0.25, -0.2) is 0 Å². The molecule has 2 unspecified atom stereocenters. The molecule has 0 aromatic heterocycles. The summed E-state index contributed by atoms with van der Waals surface area (Å²) in [5.74, 6) is 1.46. The number of rotatable bonds is 4. The molecular formula is C11H21NO2S. The lowest BCUT2D eigenvalue weighted by atomic mass is 9.92. The zero-order valence-electron chi connectivity index (χ0n) is 10.0. The Bertz CT molecular complexity index is 233. The maximum Gasteiger partial charge on any atom is 0.327 e. The van der Waals surface area contributed by atoms with Crippen molar-refractivity contribution < 1.29 is 9.53 Å². The minimum Gasteiger partial charge on any atom is -0.468 e. The van der Waals surface area contributed by atoms with Crippen molar-refractivity contribution in [3.8, 4) is 0 Å². The first kappa shape index (κ1) is 12.8. The van der Waals surface area contributed by atoms with E-state index in [1.807, 2.05) is 11.8 Å². The zero-order chi connectivity index (χ0) is 11.5. The first-order valence-electron chi connectivity index (χ1n) is 5.48. The highest BCUT2D eigenvalue weighted by Gasteiger charge is 2.48. The van der Waals surface area contributed by atoms with Crippen molar-refractivity contribution in [2.45, 2.75) is 38.0 Å². The zero-order valence-corrected chi connectivity index (χ0v) is 10.8. The quantitative estimate of drug-likeness (QED) is 0.747. The highest BCUT2D eigenvalue weighted by molar-refractivity contribution is 8.00. The molecule has 2 atom stereocenters. The highest BCUT2D eigenvalue weighted by atomic mass is 32.2. The van der Waals surface area contributed by atoms with Crippen LogP contribution in [0.5, 0.6) is 0 Å². The van der Waals surface area contributed by atoms with Gasteiger partial charge in [-0.1, -0.05) is 20.8 Å². The van der Waals surface area contributed by atoms with Gasteiger partial charge >= 0.3 is 5.97 Å². The van der Waals surface area contributed by atoms with Gasteiger partial charge in [0, 0.05) is 5.25 Å². The summed E-state index contributed by atoms with van der Waals surface area (Å²) >= 11 is 1.84. The van der Waals surface area contributed by atoms with E-state index in [1.165, 1.54) is 7.11 Å². The fourth-order valence-electron chi connectivity index (χ4n) is 1.88. The molecule has 0 aliphatic carbocycles. The second kappa shape index (κ2) is 5.21. The van der Waals surface area contributed by atoms with Gasteiger partial charge < -0.3 is 10.1 Å². The van der Waals surface area contributed by atoms with E-state index in [4.69, 9.17) is 4.74 Å². The van der Waals surface area contributed by atoms with Gasteiger partial charge in [0.15, 0.2) is 0 Å². The molecule has 4 heteroatoms. The van der Waals surface area contributed by atoms with Crippen molar-refractivity contribution >= 4 is 17.7 Å². The summed E-state index contributed by atoms with van der Waals surface area (Å²) in [5, 5.41) is 3.69. The maximum absolute atomic E-state index is 11.9. The third-order valence-corrected chi connectivity index (χ3v) is 4.28. The number of methoxy groups -OCH3 is 1. The molecule has 1 N–H and O–H groups in total. The van der Waals surface area contributed by atoms with Crippen molar-refractivity contribution in [1.29, 1.82) is 0 Å². The molecule has 1 saturated heterocycles. The predicted molar refractivity (Wildman–Crippen MR) is 64.1 cm³/mol. The molecule has 0 bridgehead atoms. The van der Waals surface area contributed by atoms with E-state index in [0.717, 1.165) is 18.7 Å². The van der Waals surface area contributed by atoms with E-state index < -0.39 is 5.54 Å². The highest BCUT2D eigenvalue weighted by Crippen LogP contribution is 2.36. The topological polar surface area (TPSA) is 38.3 Å². The van der Waals surface area contributed by atoms with Crippen molar-refractivity contribution in [2.75, 3.05) is 19.4 Å². The van der Waals surface area contributed by atoms with E-state index in [0.29, 0.717) is 11.2 Å². The molecule has 1 heterocycles. The maximum atomic E-state index is 11.9. The standard InChI is InChI=1S/C11H21NO2S/c1-8(2)7-12-11(10(13)14-4)5-6-15-9(11)3/h8-9,12H,5-7H2,1-4H3. The fourth-order valence-corrected chi connectivity index (χ4v) is 3.26. The molecule has 0 aromatic rings. The number of thioether (sulfide) groups is 1. The van der Waals surface area contributed by atoms with E-state index in [2.05, 4.69) is 26.1 Å². The van der Waals surface area contributed by atoms with Gasteiger partial charge in [-0.2, -0.15) is 11.8 Å². The number of nitrogens with one attached hydrogen (secondary N) is 1. The van der Waals surface area contributed by atoms with Gasteiger partial charge in [-0.05, 0) is 24.6 Å². The number of carbonyl (C=O) groups is 1. The summed E-state index contributed by atoms with van der Waals surface area (Å²) < 4.78 is 4.93. The predicted octanol–water partition coefficient (Wildman–Crippen LogP) is 1.67. The van der Waals surface area contributed by atoms with Gasteiger partial charge in [0.25, 0.3) is 0 Å². The van der Waals surface area contributed by atoms with Crippen LogP contribution < -0.4 is 5.32 Å². The van der Waals surface area contributed by atoms with Crippen LogP contribution in [0.3, 0.4) is 0 Å². The summed E-state index contributed by atoms with van der Waals surface area (Å²) in [6.45, 7) is 7.25. The molecule has 1 rings (SSSR count). The first-order valence-corrected chi connectivity index (χ1v) is 6.53. The number of hydrogen-bond donors (Lipinski definition) is 1. The van der Waals surface area contributed by atoms with Crippen molar-refractivity contribution in [2.24, 2.45) is 5.92 Å². The summed E-state index contributed by atoms with van der Waals surface area (Å²) in [6.07, 6.45) is 0.873. The lowest BCUT2D eigenvalue weighted by molar-refractivity contribution is -0.148. The molecule has 0 aromatic carbocycles. The van der Waals surface area contributed by atoms with Crippen molar-refractivity contribution in [1.82, 2.24) is 5.32 Å². The monoisotopic (exact) mass is 231 g/mol. The van der Waals surface area contributed by atoms with E-state index in [-0.39, 0.29) is 5.97 Å². The Morgan fingerprint density at radius 1 is 1.67 bits per heavy atom. The van der Waals surface area contributed by atoms with Crippen LogP contribution in [0.2, 0.25) is 0 Å². The fraction of sp³-hybridized carbons (Fsp3) is 0.909. The molecule has 1 aliphatic rings. The summed E-state index contributed by atoms with van der Waals surface area (Å²) in [7, 11) is 1.47. The number of hydrogen-bond acceptors (Lipinski definition) is 4. The average molecular weight is 231 g/mol. The second-order valence-electron chi connectivity index (χ2n) is 4.50. The number of esters is 1. The third kappa shape index (κ3) is 2.67. The Balaban J connectivity index is 2.72. The minimum atomic E-state index is -0.455. The SMILES string of the molecule is COC(=O)C1(NCC(C)C)CCSC1C. The Morgan fingerprint density at radius 2 is 2.33 bits per heavy atom. The lowest BCUT2D eigenvalue weighted by Crippen LogP contribution is -2.57. The Morgan fingerprint density at radius 3 is 2.73 bits per heavy atom. The smallest absolute Gasteiger partial charge is 0.327 e. The normalized spacial score (nSPS) is 30.9. The first-order chi connectivity index (χ1) is 7.03. The molecule has 1 fully saturated rings. The Kier molecular flexibility index (Phi) is 4.46. The minimum absolute atomic E-state index is 0.111. The molecule has 88 valence electrons. The van der Waals surface area contributed by atoms with Gasteiger partial charge in [0.05, 0.1) is 7.11 Å². The molecule has 0 saturated carbocycles. The summed E-state index contributed by atoms with van der Waals surface area (Å²) in [6, 6.07) is 0. The molecule has 0 radical (unpaired) electrons. The number of ether oxygens (including phenoxy) is 1. The van der Waals surface area contributed by atoms with Crippen molar-refractivity contribution in [3.05, 3.63) is 0 Å². The average Bonchev–Trinajstić information content (AvgIpc) is 2.57. The lowest BCUT2D eigenvalue weighted by Gasteiger charge is -2.31. The Labute approximate surface area is 96.3 Å². The van der Waals surface area contributed by atoms with Gasteiger partial charge in [0.2, 0.25) is 0 Å². The summed E-state index contributed by atoms with van der Waals surface area (Å²) in [4.78, 5) is 11.9. The van der Waals surface area contributed by atoms with Crippen LogP contribution in [-0.4, -0.2) is 36.2 Å². The van der Waals surface area contributed by atoms with E-state index in [9.17, 15) is 4.79 Å². The molecular weight excluding hydrogens is 210 g/mol. The Hall–Kier alpha value is -0.220. The van der Waals surface area contributed by atoms with Gasteiger partial charge in [-0.3, -0.25) is 4.79 Å². The van der Waals surface area contributed by atoms with Crippen LogP contribution in [-0.2, 0) is 9.53 Å². The van der Waals surface area contributed by atoms with Gasteiger partial charge in [0.1, 0.15) is 5.54 Å². The van der Waals surface area contributed by atoms with Crippen LogP contribution in [0.4, 0.5) is 0 Å². The second-order valence-corrected chi connectivity index (χ2v) is 5.95. The molecule has 15 heavy (non-hydrogen) atoms. The molecule has 0 amide bonds.